The fourth-order valence-corrected chi connectivity index (χ4v) is 11.3. The van der Waals surface area contributed by atoms with E-state index in [0.29, 0.717) is 12.8 Å². The molecular weight excluding hydrogens is 1150 g/mol. The van der Waals surface area contributed by atoms with Crippen LogP contribution in [0.25, 0.3) is 0 Å². The van der Waals surface area contributed by atoms with Crippen molar-refractivity contribution in [1.82, 2.24) is 5.32 Å². The van der Waals surface area contributed by atoms with Crippen molar-refractivity contribution in [3.63, 3.8) is 0 Å². The number of amides is 1. The predicted molar refractivity (Wildman–Crippen MR) is 351 cm³/mol. The number of aliphatic hydroxyl groups excluding tert-OH is 11. The highest BCUT2D eigenvalue weighted by atomic mass is 16.8. The van der Waals surface area contributed by atoms with E-state index < -0.39 is 124 Å². The Kier molecular flexibility index (Phi) is 47.2. The van der Waals surface area contributed by atoms with Gasteiger partial charge < -0.3 is 89.9 Å². The smallest absolute Gasteiger partial charge is 0.220 e. The summed E-state index contributed by atoms with van der Waals surface area (Å²) in [5.41, 5.74) is 0. The van der Waals surface area contributed by atoms with Crippen LogP contribution in [0.4, 0.5) is 0 Å². The van der Waals surface area contributed by atoms with Crippen molar-refractivity contribution in [3.8, 4) is 0 Å². The first kappa shape index (κ1) is 81.2. The number of nitrogens with one attached hydrogen (secondary N) is 1. The van der Waals surface area contributed by atoms with Crippen LogP contribution in [-0.4, -0.2) is 193 Å². The minimum atomic E-state index is -1.98. The predicted octanol–water partition coefficient (Wildman–Crippen LogP) is 9.10. The molecule has 3 saturated heterocycles. The number of rotatable bonds is 52. The number of carbonyl (C=O) groups is 1. The summed E-state index contributed by atoms with van der Waals surface area (Å²) in [4.78, 5) is 13.4. The summed E-state index contributed by atoms with van der Waals surface area (Å²) in [6, 6.07) is -0.998. The van der Waals surface area contributed by atoms with Crippen molar-refractivity contribution in [1.29, 1.82) is 0 Å². The van der Waals surface area contributed by atoms with E-state index in [1.165, 1.54) is 122 Å². The molecule has 3 rings (SSSR count). The van der Waals surface area contributed by atoms with Gasteiger partial charge in [0.2, 0.25) is 5.91 Å². The first-order chi connectivity index (χ1) is 43.8. The quantitative estimate of drug-likeness (QED) is 0.0200. The average Bonchev–Trinajstić information content (AvgIpc) is 0.864. The molecule has 1 amide bonds. The van der Waals surface area contributed by atoms with E-state index in [4.69, 9.17) is 28.4 Å². The molecule has 19 heteroatoms. The molecule has 520 valence electrons. The topological polar surface area (TPSA) is 307 Å². The summed E-state index contributed by atoms with van der Waals surface area (Å²) >= 11 is 0. The second kappa shape index (κ2) is 52.3. The Morgan fingerprint density at radius 2 is 0.778 bits per heavy atom. The highest BCUT2D eigenvalue weighted by Crippen LogP contribution is 2.33. The molecule has 3 aliphatic rings. The lowest BCUT2D eigenvalue weighted by Crippen LogP contribution is -2.66. The molecular formula is C71H123NO18. The van der Waals surface area contributed by atoms with Crippen molar-refractivity contribution in [2.24, 2.45) is 0 Å². The first-order valence-corrected chi connectivity index (χ1v) is 34.8. The molecule has 0 spiro atoms. The summed E-state index contributed by atoms with van der Waals surface area (Å²) < 4.78 is 34.3. The zero-order valence-corrected chi connectivity index (χ0v) is 54.8. The van der Waals surface area contributed by atoms with Crippen molar-refractivity contribution < 1.29 is 89.4 Å². The lowest BCUT2D eigenvalue weighted by atomic mass is 9.96. The van der Waals surface area contributed by atoms with Crippen molar-refractivity contribution >= 4 is 5.91 Å². The molecule has 0 aromatic carbocycles. The van der Waals surface area contributed by atoms with Gasteiger partial charge in [0, 0.05) is 6.42 Å². The van der Waals surface area contributed by atoms with Gasteiger partial charge in [0.15, 0.2) is 18.9 Å². The van der Waals surface area contributed by atoms with Gasteiger partial charge >= 0.3 is 0 Å². The third-order valence-corrected chi connectivity index (χ3v) is 16.9. The van der Waals surface area contributed by atoms with Crippen LogP contribution in [0.1, 0.15) is 226 Å². The van der Waals surface area contributed by atoms with E-state index in [9.17, 15) is 61.0 Å². The monoisotopic (exact) mass is 1280 g/mol. The van der Waals surface area contributed by atoms with Crippen LogP contribution < -0.4 is 5.32 Å². The zero-order valence-electron chi connectivity index (χ0n) is 54.8. The Bertz CT molecular complexity index is 1960. The number of carbonyl (C=O) groups excluding carboxylic acids is 1. The molecule has 12 N–H and O–H groups in total. The van der Waals surface area contributed by atoms with Gasteiger partial charge in [-0.05, 0) is 77.0 Å². The highest BCUT2D eigenvalue weighted by Gasteiger charge is 2.53. The summed E-state index contributed by atoms with van der Waals surface area (Å²) in [6.45, 7) is 1.53. The molecule has 19 nitrogen and oxygen atoms in total. The molecule has 0 bridgehead atoms. The summed E-state index contributed by atoms with van der Waals surface area (Å²) in [5.74, 6) is -0.291. The van der Waals surface area contributed by atoms with Crippen LogP contribution >= 0.6 is 0 Å². The number of unbranched alkanes of at least 4 members (excludes halogenated alkanes) is 24. The molecule has 3 heterocycles. The van der Waals surface area contributed by atoms with Crippen LogP contribution in [0.3, 0.4) is 0 Å². The largest absolute Gasteiger partial charge is 0.394 e. The van der Waals surface area contributed by atoms with Gasteiger partial charge in [-0.2, -0.15) is 0 Å². The van der Waals surface area contributed by atoms with Gasteiger partial charge in [-0.15, -0.1) is 0 Å². The molecule has 0 aromatic rings. The highest BCUT2D eigenvalue weighted by molar-refractivity contribution is 5.76. The number of aliphatic hydroxyl groups is 11. The van der Waals surface area contributed by atoms with E-state index in [1.54, 1.807) is 6.08 Å². The Labute approximate surface area is 540 Å². The maximum absolute atomic E-state index is 13.4. The molecule has 0 aliphatic carbocycles. The molecule has 3 fully saturated rings. The van der Waals surface area contributed by atoms with Crippen LogP contribution in [0.2, 0.25) is 0 Å². The fourth-order valence-electron chi connectivity index (χ4n) is 11.3. The number of hydrogen-bond acceptors (Lipinski definition) is 18. The Balaban J connectivity index is 1.35. The van der Waals surface area contributed by atoms with Gasteiger partial charge in [0.05, 0.1) is 38.6 Å². The lowest BCUT2D eigenvalue weighted by Gasteiger charge is -2.48. The Morgan fingerprint density at radius 3 is 1.24 bits per heavy atom. The Hall–Kier alpha value is -3.03. The maximum atomic E-state index is 13.4. The van der Waals surface area contributed by atoms with Gasteiger partial charge in [0.25, 0.3) is 0 Å². The van der Waals surface area contributed by atoms with Crippen LogP contribution in [0.5, 0.6) is 0 Å². The Morgan fingerprint density at radius 1 is 0.411 bits per heavy atom. The minimum Gasteiger partial charge on any atom is -0.394 e. The second-order valence-electron chi connectivity index (χ2n) is 24.6. The molecule has 17 atom stereocenters. The summed E-state index contributed by atoms with van der Waals surface area (Å²) in [7, 11) is 0. The average molecular weight is 1280 g/mol. The second-order valence-corrected chi connectivity index (χ2v) is 24.6. The molecule has 3 aliphatic heterocycles. The third-order valence-electron chi connectivity index (χ3n) is 16.9. The SMILES string of the molecule is CC/C=C\C/C=C\C/C=C\C/C=C\CCCCCCCCCCCCCCCCCCCCCCC(=O)NC(COC1OC(CO)C(OC2OC(CO)C(OC3OC(CO)C(O)C(O)C3O)C(O)C2O)C(O)C1O)C(O)/C=C/CC/C=C/CC/C=C/CCCC. The number of allylic oxidation sites excluding steroid dienone is 13. The van der Waals surface area contributed by atoms with E-state index in [2.05, 4.69) is 92.1 Å². The van der Waals surface area contributed by atoms with E-state index in [1.807, 2.05) is 6.08 Å². The molecule has 0 saturated carbocycles. The van der Waals surface area contributed by atoms with Gasteiger partial charge in [-0.3, -0.25) is 4.79 Å². The fraction of sp³-hybridized carbons (Fsp3) is 0.789. The van der Waals surface area contributed by atoms with E-state index in [0.717, 1.165) is 70.6 Å². The molecule has 0 radical (unpaired) electrons. The van der Waals surface area contributed by atoms with Crippen molar-refractivity contribution in [2.75, 3.05) is 26.4 Å². The molecule has 90 heavy (non-hydrogen) atoms. The minimum absolute atomic E-state index is 0.230. The molecule has 0 aromatic heterocycles. The van der Waals surface area contributed by atoms with Crippen LogP contribution in [-0.2, 0) is 33.2 Å². The van der Waals surface area contributed by atoms with E-state index >= 15 is 0 Å². The van der Waals surface area contributed by atoms with Crippen molar-refractivity contribution in [2.45, 2.75) is 330 Å². The maximum Gasteiger partial charge on any atom is 0.220 e. The lowest BCUT2D eigenvalue weighted by molar-refractivity contribution is -0.379. The van der Waals surface area contributed by atoms with E-state index in [-0.39, 0.29) is 18.9 Å². The van der Waals surface area contributed by atoms with Crippen LogP contribution in [0, 0.1) is 0 Å². The normalized spacial score (nSPS) is 28.6. The number of ether oxygens (including phenoxy) is 6. The van der Waals surface area contributed by atoms with Gasteiger partial charge in [0.1, 0.15) is 73.2 Å². The summed E-state index contributed by atoms with van der Waals surface area (Å²) in [6.07, 6.45) is 40.2. The first-order valence-electron chi connectivity index (χ1n) is 34.8. The summed E-state index contributed by atoms with van der Waals surface area (Å²) in [5, 5.41) is 120. The standard InChI is InChI=1S/C71H123NO18/c1-3-5-7-9-11-13-15-17-18-19-20-21-22-23-24-25-26-27-28-29-30-31-32-33-34-35-36-37-39-41-43-45-47-49-59(77)72-54(55(76)48-46-44-42-40-38-16-14-12-10-8-6-4-2)53-85-69-65(83)62(80)67(57(51-74)87-69)90-71-66(84)63(81)68(58(52-75)88-71)89-70-64(82)61(79)60(78)56(50-73)86-70/h5,7,10-13,17-18,20-21,38,40,46,48,54-58,60-71,73-76,78-84H,3-4,6,8-9,14-16,19,22-37,39,41-45,47,49-53H2,1-2H3,(H,72,77)/b7-5-,12-10+,13-11-,18-17-,21-20-,40-38+,48-46+. The molecule has 17 unspecified atom stereocenters. The third kappa shape index (κ3) is 33.9. The zero-order chi connectivity index (χ0) is 65.4. The van der Waals surface area contributed by atoms with Gasteiger partial charge in [-0.25, -0.2) is 0 Å². The van der Waals surface area contributed by atoms with Crippen molar-refractivity contribution in [3.05, 3.63) is 85.1 Å². The number of hydrogen-bond donors (Lipinski definition) is 12. The van der Waals surface area contributed by atoms with Gasteiger partial charge in [-0.1, -0.05) is 227 Å². The van der Waals surface area contributed by atoms with Crippen LogP contribution in [0.15, 0.2) is 85.1 Å².